The van der Waals surface area contributed by atoms with Crippen LogP contribution in [0.25, 0.3) is 5.52 Å². The predicted molar refractivity (Wildman–Crippen MR) is 84.6 cm³/mol. The van der Waals surface area contributed by atoms with Crippen molar-refractivity contribution in [2.75, 3.05) is 7.11 Å². The van der Waals surface area contributed by atoms with Gasteiger partial charge in [0, 0.05) is 11.8 Å². The van der Waals surface area contributed by atoms with Gasteiger partial charge in [-0.15, -0.1) is 0 Å². The lowest BCUT2D eigenvalue weighted by atomic mass is 9.94. The van der Waals surface area contributed by atoms with Crippen molar-refractivity contribution in [3.63, 3.8) is 0 Å². The van der Waals surface area contributed by atoms with Crippen molar-refractivity contribution < 1.29 is 14.3 Å². The molecule has 0 aliphatic heterocycles. The zero-order valence-electron chi connectivity index (χ0n) is 13.1. The Morgan fingerprint density at radius 1 is 1.09 bits per heavy atom. The largest absolute Gasteiger partial charge is 0.464 e. The van der Waals surface area contributed by atoms with Crippen LogP contribution in [0.3, 0.4) is 0 Å². The maximum atomic E-state index is 12.3. The molecular weight excluding hydrogens is 278 g/mol. The number of methoxy groups -OCH3 is 1. The summed E-state index contributed by atoms with van der Waals surface area (Å²) in [7, 11) is 1.42. The molecular formula is C18H21NO3. The number of ketones is 1. The predicted octanol–water partition coefficient (Wildman–Crippen LogP) is 3.59. The minimum atomic E-state index is -0.299. The Morgan fingerprint density at radius 3 is 2.41 bits per heavy atom. The Bertz CT molecular complexity index is 742. The van der Waals surface area contributed by atoms with Crippen LogP contribution in [0.4, 0.5) is 0 Å². The van der Waals surface area contributed by atoms with Gasteiger partial charge in [-0.25, -0.2) is 4.79 Å². The smallest absolute Gasteiger partial charge is 0.355 e. The summed E-state index contributed by atoms with van der Waals surface area (Å²) in [6, 6.07) is 3.68. The van der Waals surface area contributed by atoms with Crippen molar-refractivity contribution in [2.24, 2.45) is 0 Å². The fourth-order valence-corrected chi connectivity index (χ4v) is 3.41. The first-order chi connectivity index (χ1) is 10.6. The van der Waals surface area contributed by atoms with Crippen molar-refractivity contribution >= 4 is 17.3 Å². The molecule has 4 heteroatoms. The standard InChI is InChI=1S/C18H21NO3/c1-12(20)13-9-10-19-16(11-13)14-7-5-3-4-6-8-15(14)17(19)18(21)22-2/h9-11H,3-8H2,1-2H3. The third-order valence-corrected chi connectivity index (χ3v) is 4.54. The second-order valence-corrected chi connectivity index (χ2v) is 5.94. The number of fused-ring (bicyclic) bond motifs is 3. The SMILES string of the molecule is COC(=O)c1c2c(c3cc(C(C)=O)ccn13)CCCCCC2. The van der Waals surface area contributed by atoms with Crippen LogP contribution in [0.5, 0.6) is 0 Å². The van der Waals surface area contributed by atoms with Gasteiger partial charge in [-0.05, 0) is 55.9 Å². The number of ether oxygens (including phenoxy) is 1. The highest BCUT2D eigenvalue weighted by Crippen LogP contribution is 2.30. The van der Waals surface area contributed by atoms with Gasteiger partial charge in [0.2, 0.25) is 0 Å². The molecule has 0 saturated heterocycles. The van der Waals surface area contributed by atoms with Crippen LogP contribution in [0.2, 0.25) is 0 Å². The number of aryl methyl sites for hydroxylation is 1. The molecule has 0 unspecified atom stereocenters. The van der Waals surface area contributed by atoms with Crippen LogP contribution in [0.15, 0.2) is 18.3 Å². The van der Waals surface area contributed by atoms with E-state index < -0.39 is 0 Å². The molecule has 2 aromatic heterocycles. The molecule has 1 aliphatic rings. The molecule has 0 saturated carbocycles. The van der Waals surface area contributed by atoms with Crippen LogP contribution in [-0.2, 0) is 17.6 Å². The first-order valence-electron chi connectivity index (χ1n) is 7.88. The van der Waals surface area contributed by atoms with E-state index in [2.05, 4.69) is 0 Å². The van der Waals surface area contributed by atoms with Gasteiger partial charge in [0.05, 0.1) is 12.6 Å². The van der Waals surface area contributed by atoms with E-state index in [0.29, 0.717) is 11.3 Å². The summed E-state index contributed by atoms with van der Waals surface area (Å²) in [5, 5.41) is 0. The van der Waals surface area contributed by atoms with Gasteiger partial charge in [0.25, 0.3) is 0 Å². The zero-order valence-corrected chi connectivity index (χ0v) is 13.1. The lowest BCUT2D eigenvalue weighted by Crippen LogP contribution is -2.09. The second kappa shape index (κ2) is 5.95. The Labute approximate surface area is 130 Å². The van der Waals surface area contributed by atoms with Crippen LogP contribution < -0.4 is 0 Å². The van der Waals surface area contributed by atoms with E-state index in [4.69, 9.17) is 4.74 Å². The highest BCUT2D eigenvalue weighted by molar-refractivity contribution is 5.97. The molecule has 116 valence electrons. The average molecular weight is 299 g/mol. The molecule has 0 aromatic carbocycles. The van der Waals surface area contributed by atoms with Crippen LogP contribution in [-0.4, -0.2) is 23.3 Å². The number of rotatable bonds is 2. The van der Waals surface area contributed by atoms with Crippen LogP contribution >= 0.6 is 0 Å². The topological polar surface area (TPSA) is 47.8 Å². The van der Waals surface area contributed by atoms with Gasteiger partial charge in [-0.2, -0.15) is 0 Å². The Hall–Kier alpha value is -2.10. The Balaban J connectivity index is 2.29. The van der Waals surface area contributed by atoms with E-state index in [9.17, 15) is 9.59 Å². The van der Waals surface area contributed by atoms with Gasteiger partial charge in [0.15, 0.2) is 5.78 Å². The molecule has 2 heterocycles. The van der Waals surface area contributed by atoms with Gasteiger partial charge in [-0.1, -0.05) is 12.8 Å². The lowest BCUT2D eigenvalue weighted by molar-refractivity contribution is 0.0591. The van der Waals surface area contributed by atoms with Gasteiger partial charge < -0.3 is 9.14 Å². The molecule has 0 fully saturated rings. The monoisotopic (exact) mass is 299 g/mol. The highest BCUT2D eigenvalue weighted by Gasteiger charge is 2.24. The molecule has 22 heavy (non-hydrogen) atoms. The molecule has 2 aromatic rings. The molecule has 0 amide bonds. The van der Waals surface area contributed by atoms with Crippen molar-refractivity contribution in [1.29, 1.82) is 0 Å². The molecule has 0 bridgehead atoms. The minimum absolute atomic E-state index is 0.0444. The molecule has 0 radical (unpaired) electrons. The molecule has 4 nitrogen and oxygen atoms in total. The van der Waals surface area contributed by atoms with Crippen molar-refractivity contribution in [3.05, 3.63) is 40.7 Å². The Kier molecular flexibility index (Phi) is 4.01. The second-order valence-electron chi connectivity index (χ2n) is 5.94. The van der Waals surface area contributed by atoms with Crippen LogP contribution in [0, 0.1) is 0 Å². The molecule has 0 spiro atoms. The molecule has 3 rings (SSSR count). The summed E-state index contributed by atoms with van der Waals surface area (Å²) in [6.45, 7) is 1.57. The van der Waals surface area contributed by atoms with Crippen LogP contribution in [0.1, 0.15) is 64.6 Å². The minimum Gasteiger partial charge on any atom is -0.464 e. The number of carbonyl (C=O) groups excluding carboxylic acids is 2. The van der Waals surface area contributed by atoms with Gasteiger partial charge >= 0.3 is 5.97 Å². The maximum Gasteiger partial charge on any atom is 0.355 e. The number of aromatic nitrogens is 1. The van der Waals surface area contributed by atoms with Gasteiger partial charge in [0.1, 0.15) is 5.69 Å². The number of hydrogen-bond acceptors (Lipinski definition) is 3. The Morgan fingerprint density at radius 2 is 1.77 bits per heavy atom. The number of Topliss-reactive ketones (excluding diaryl/α,β-unsaturated/α-hetero) is 1. The fourth-order valence-electron chi connectivity index (χ4n) is 3.41. The third-order valence-electron chi connectivity index (χ3n) is 4.54. The molecule has 0 N–H and O–H groups in total. The number of hydrogen-bond donors (Lipinski definition) is 0. The molecule has 1 aliphatic carbocycles. The van der Waals surface area contributed by atoms with Crippen molar-refractivity contribution in [1.82, 2.24) is 4.40 Å². The highest BCUT2D eigenvalue weighted by atomic mass is 16.5. The normalized spacial score (nSPS) is 15.0. The number of pyridine rings is 1. The van der Waals surface area contributed by atoms with E-state index >= 15 is 0 Å². The maximum absolute atomic E-state index is 12.3. The van der Waals surface area contributed by atoms with Crippen molar-refractivity contribution in [3.8, 4) is 0 Å². The summed E-state index contributed by atoms with van der Waals surface area (Å²) < 4.78 is 6.89. The number of nitrogens with zero attached hydrogens (tertiary/aromatic N) is 1. The summed E-state index contributed by atoms with van der Waals surface area (Å²) >= 11 is 0. The quantitative estimate of drug-likeness (QED) is 0.629. The third kappa shape index (κ3) is 2.43. The van der Waals surface area contributed by atoms with Gasteiger partial charge in [-0.3, -0.25) is 4.79 Å². The van der Waals surface area contributed by atoms with E-state index in [0.717, 1.165) is 36.8 Å². The summed E-state index contributed by atoms with van der Waals surface area (Å²) in [5.74, 6) is -0.254. The lowest BCUT2D eigenvalue weighted by Gasteiger charge is -2.10. The van der Waals surface area contributed by atoms with Crippen molar-refractivity contribution in [2.45, 2.75) is 45.4 Å². The first-order valence-corrected chi connectivity index (χ1v) is 7.88. The summed E-state index contributed by atoms with van der Waals surface area (Å²) in [4.78, 5) is 23.9. The first kappa shape index (κ1) is 14.8. The summed E-state index contributed by atoms with van der Waals surface area (Å²) in [5.41, 5.74) is 4.61. The average Bonchev–Trinajstić information content (AvgIpc) is 2.78. The number of esters is 1. The van der Waals surface area contributed by atoms with E-state index in [-0.39, 0.29) is 11.8 Å². The fraction of sp³-hybridized carbons (Fsp3) is 0.444. The van der Waals surface area contributed by atoms with E-state index in [1.54, 1.807) is 13.0 Å². The summed E-state index contributed by atoms with van der Waals surface area (Å²) in [6.07, 6.45) is 8.31. The zero-order chi connectivity index (χ0) is 15.7. The van der Waals surface area contributed by atoms with E-state index in [1.807, 2.05) is 16.7 Å². The molecule has 0 atom stereocenters. The number of carbonyl (C=O) groups is 2. The van der Waals surface area contributed by atoms with E-state index in [1.165, 1.54) is 25.5 Å².